The van der Waals surface area contributed by atoms with E-state index in [2.05, 4.69) is 4.90 Å². The Bertz CT molecular complexity index is 545. The fourth-order valence-electron chi connectivity index (χ4n) is 2.55. The first-order chi connectivity index (χ1) is 9.45. The van der Waals surface area contributed by atoms with E-state index < -0.39 is 10.0 Å². The molecule has 0 N–H and O–H groups in total. The van der Waals surface area contributed by atoms with Crippen molar-refractivity contribution in [1.29, 1.82) is 0 Å². The molecule has 4 nitrogen and oxygen atoms in total. The van der Waals surface area contributed by atoms with Crippen molar-refractivity contribution < 1.29 is 8.42 Å². The molecule has 1 aromatic carbocycles. The van der Waals surface area contributed by atoms with Crippen LogP contribution in [-0.4, -0.2) is 50.8 Å². The maximum atomic E-state index is 12.6. The number of rotatable bonds is 4. The van der Waals surface area contributed by atoms with E-state index >= 15 is 0 Å². The minimum Gasteiger partial charge on any atom is -0.305 e. The highest BCUT2D eigenvalue weighted by molar-refractivity contribution is 7.89. The van der Waals surface area contributed by atoms with E-state index in [1.54, 1.807) is 31.3 Å². The van der Waals surface area contributed by atoms with Crippen LogP contribution >= 0.6 is 11.6 Å². The largest absolute Gasteiger partial charge is 0.305 e. The number of hydrogen-bond donors (Lipinski definition) is 0. The van der Waals surface area contributed by atoms with Gasteiger partial charge in [-0.25, -0.2) is 8.42 Å². The smallest absolute Gasteiger partial charge is 0.243 e. The van der Waals surface area contributed by atoms with E-state index in [4.69, 9.17) is 11.6 Å². The number of sulfonamides is 1. The van der Waals surface area contributed by atoms with Crippen LogP contribution in [0.2, 0.25) is 0 Å². The van der Waals surface area contributed by atoms with Gasteiger partial charge in [-0.15, -0.1) is 11.6 Å². The minimum absolute atomic E-state index is 0.0476. The standard InChI is InChI=1S/C14H21ClN2O2S/c1-16-9-3-4-13(11-16)17(2)20(18,19)14-7-5-12(10-15)6-8-14/h5-8,13H,3-4,9-11H2,1-2H3. The average Bonchev–Trinajstić information content (AvgIpc) is 2.46. The zero-order chi connectivity index (χ0) is 14.8. The van der Waals surface area contributed by atoms with Crippen LogP contribution < -0.4 is 0 Å². The Morgan fingerprint density at radius 3 is 2.55 bits per heavy atom. The molecule has 0 aromatic heterocycles. The third-order valence-corrected chi connectivity index (χ3v) is 6.10. The Hall–Kier alpha value is -0.620. The lowest BCUT2D eigenvalue weighted by atomic mass is 10.1. The highest BCUT2D eigenvalue weighted by Crippen LogP contribution is 2.22. The normalized spacial score (nSPS) is 21.3. The van der Waals surface area contributed by atoms with E-state index in [1.165, 1.54) is 4.31 Å². The van der Waals surface area contributed by atoms with Crippen molar-refractivity contribution in [3.63, 3.8) is 0 Å². The molecule has 0 bridgehead atoms. The first kappa shape index (κ1) is 15.8. The molecule has 20 heavy (non-hydrogen) atoms. The molecule has 0 radical (unpaired) electrons. The van der Waals surface area contributed by atoms with Gasteiger partial charge in [0.05, 0.1) is 4.90 Å². The van der Waals surface area contributed by atoms with Gasteiger partial charge in [-0.1, -0.05) is 12.1 Å². The van der Waals surface area contributed by atoms with Gasteiger partial charge in [0.15, 0.2) is 0 Å². The number of nitrogens with zero attached hydrogens (tertiary/aromatic N) is 2. The van der Waals surface area contributed by atoms with Crippen LogP contribution in [0.4, 0.5) is 0 Å². The molecule has 1 unspecified atom stereocenters. The predicted octanol–water partition coefficient (Wildman–Crippen LogP) is 2.14. The second-order valence-corrected chi connectivity index (χ2v) is 7.62. The molecule has 1 heterocycles. The third kappa shape index (κ3) is 3.34. The van der Waals surface area contributed by atoms with E-state index in [0.717, 1.165) is 31.5 Å². The molecule has 1 aliphatic heterocycles. The molecular formula is C14H21ClN2O2S. The van der Waals surface area contributed by atoms with Crippen molar-refractivity contribution in [1.82, 2.24) is 9.21 Å². The topological polar surface area (TPSA) is 40.6 Å². The predicted molar refractivity (Wildman–Crippen MR) is 81.5 cm³/mol. The van der Waals surface area contributed by atoms with Crippen molar-refractivity contribution in [3.8, 4) is 0 Å². The SMILES string of the molecule is CN1CCCC(N(C)S(=O)(=O)c2ccc(CCl)cc2)C1. The molecule has 0 aliphatic carbocycles. The first-order valence-electron chi connectivity index (χ1n) is 6.76. The molecule has 1 atom stereocenters. The Morgan fingerprint density at radius 1 is 1.35 bits per heavy atom. The van der Waals surface area contributed by atoms with Gasteiger partial charge in [0, 0.05) is 25.5 Å². The van der Waals surface area contributed by atoms with Gasteiger partial charge < -0.3 is 4.90 Å². The number of benzene rings is 1. The molecule has 1 aliphatic rings. The number of halogens is 1. The molecule has 1 fully saturated rings. The molecule has 1 saturated heterocycles. The number of piperidine rings is 1. The summed E-state index contributed by atoms with van der Waals surface area (Å²) in [4.78, 5) is 2.51. The van der Waals surface area contributed by atoms with Gasteiger partial charge in [-0.3, -0.25) is 0 Å². The van der Waals surface area contributed by atoms with E-state index in [1.807, 2.05) is 7.05 Å². The summed E-state index contributed by atoms with van der Waals surface area (Å²) in [6, 6.07) is 6.85. The zero-order valence-electron chi connectivity index (χ0n) is 11.9. The summed E-state index contributed by atoms with van der Waals surface area (Å²) in [7, 11) is 0.281. The van der Waals surface area contributed by atoms with Crippen LogP contribution in [0.1, 0.15) is 18.4 Å². The van der Waals surface area contributed by atoms with Gasteiger partial charge >= 0.3 is 0 Å². The van der Waals surface area contributed by atoms with Gasteiger partial charge in [0.2, 0.25) is 10.0 Å². The summed E-state index contributed by atoms with van der Waals surface area (Å²) < 4.78 is 26.7. The average molecular weight is 317 g/mol. The van der Waals surface area contributed by atoms with Crippen molar-refractivity contribution in [2.24, 2.45) is 0 Å². The molecule has 112 valence electrons. The van der Waals surface area contributed by atoms with Crippen LogP contribution in [-0.2, 0) is 15.9 Å². The number of alkyl halides is 1. The molecule has 0 saturated carbocycles. The maximum absolute atomic E-state index is 12.6. The van der Waals surface area contributed by atoms with Crippen LogP contribution in [0.3, 0.4) is 0 Å². The summed E-state index contributed by atoms with van der Waals surface area (Å²) in [5.41, 5.74) is 0.922. The van der Waals surface area contributed by atoms with Gasteiger partial charge in [0.25, 0.3) is 0 Å². The van der Waals surface area contributed by atoms with Crippen molar-refractivity contribution >= 4 is 21.6 Å². The lowest BCUT2D eigenvalue weighted by Gasteiger charge is -2.35. The van der Waals surface area contributed by atoms with E-state index in [0.29, 0.717) is 10.8 Å². The number of hydrogen-bond acceptors (Lipinski definition) is 3. The quantitative estimate of drug-likeness (QED) is 0.799. The summed E-state index contributed by atoms with van der Waals surface area (Å²) in [5.74, 6) is 0.392. The van der Waals surface area contributed by atoms with Gasteiger partial charge in [-0.2, -0.15) is 4.31 Å². The Balaban J connectivity index is 2.19. The summed E-state index contributed by atoms with van der Waals surface area (Å²) in [5, 5.41) is 0. The van der Waals surface area contributed by atoms with Crippen molar-refractivity contribution in [2.45, 2.75) is 29.7 Å². The lowest BCUT2D eigenvalue weighted by Crippen LogP contribution is -2.47. The molecule has 6 heteroatoms. The zero-order valence-corrected chi connectivity index (χ0v) is 13.5. The molecular weight excluding hydrogens is 296 g/mol. The fourth-order valence-corrected chi connectivity index (χ4v) is 4.10. The highest BCUT2D eigenvalue weighted by Gasteiger charge is 2.30. The highest BCUT2D eigenvalue weighted by atomic mass is 35.5. The van der Waals surface area contributed by atoms with Crippen LogP contribution in [0.15, 0.2) is 29.2 Å². The van der Waals surface area contributed by atoms with E-state index in [9.17, 15) is 8.42 Å². The summed E-state index contributed by atoms with van der Waals surface area (Å²) >= 11 is 5.73. The molecule has 1 aromatic rings. The van der Waals surface area contributed by atoms with Gasteiger partial charge in [0.1, 0.15) is 0 Å². The van der Waals surface area contributed by atoms with E-state index in [-0.39, 0.29) is 6.04 Å². The summed E-state index contributed by atoms with van der Waals surface area (Å²) in [6.07, 6.45) is 1.95. The molecule has 2 rings (SSSR count). The number of likely N-dealkylation sites (N-methyl/N-ethyl adjacent to an activating group) is 2. The molecule has 0 spiro atoms. The van der Waals surface area contributed by atoms with Crippen LogP contribution in [0, 0.1) is 0 Å². The Labute approximate surface area is 126 Å². The molecule has 0 amide bonds. The van der Waals surface area contributed by atoms with Crippen molar-refractivity contribution in [3.05, 3.63) is 29.8 Å². The van der Waals surface area contributed by atoms with Crippen LogP contribution in [0.25, 0.3) is 0 Å². The second-order valence-electron chi connectivity index (χ2n) is 5.36. The fraction of sp³-hybridized carbons (Fsp3) is 0.571. The minimum atomic E-state index is -3.42. The third-order valence-electron chi connectivity index (χ3n) is 3.87. The lowest BCUT2D eigenvalue weighted by molar-refractivity contribution is 0.187. The van der Waals surface area contributed by atoms with Gasteiger partial charge in [-0.05, 0) is 44.1 Å². The summed E-state index contributed by atoms with van der Waals surface area (Å²) in [6.45, 7) is 1.82. The number of likely N-dealkylation sites (tertiary alicyclic amines) is 1. The van der Waals surface area contributed by atoms with Crippen LogP contribution in [0.5, 0.6) is 0 Å². The monoisotopic (exact) mass is 316 g/mol. The Morgan fingerprint density at radius 2 is 2.00 bits per heavy atom. The Kier molecular flexibility index (Phi) is 5.07. The first-order valence-corrected chi connectivity index (χ1v) is 8.74. The maximum Gasteiger partial charge on any atom is 0.243 e. The van der Waals surface area contributed by atoms with Crippen molar-refractivity contribution in [2.75, 3.05) is 27.2 Å². The second kappa shape index (κ2) is 6.43.